The van der Waals surface area contributed by atoms with Gasteiger partial charge in [-0.25, -0.2) is 0 Å². The average Bonchev–Trinajstić information content (AvgIpc) is 2.79. The van der Waals surface area contributed by atoms with Crippen LogP contribution in [-0.2, 0) is 0 Å². The number of hydrogen-bond acceptors (Lipinski definition) is 4. The van der Waals surface area contributed by atoms with Gasteiger partial charge in [-0.05, 0) is 43.8 Å². The van der Waals surface area contributed by atoms with Crippen molar-refractivity contribution >= 4 is 24.3 Å². The van der Waals surface area contributed by atoms with Crippen LogP contribution in [0.2, 0.25) is 0 Å². The van der Waals surface area contributed by atoms with E-state index in [0.717, 1.165) is 16.8 Å². The highest BCUT2D eigenvalue weighted by molar-refractivity contribution is 5.76. The molecule has 0 radical (unpaired) electrons. The molecule has 3 aromatic rings. The van der Waals surface area contributed by atoms with E-state index in [9.17, 15) is 0 Å². The van der Waals surface area contributed by atoms with Crippen molar-refractivity contribution < 1.29 is 0 Å². The van der Waals surface area contributed by atoms with E-state index in [1.54, 1.807) is 0 Å². The number of rotatable bonds is 2. The molecule has 4 heteroatoms. The molecule has 30 heavy (non-hydrogen) atoms. The third kappa shape index (κ3) is 14.4. The molecule has 0 saturated carbocycles. The zero-order valence-electron chi connectivity index (χ0n) is 18.7. The molecule has 6 N–H and O–H groups in total. The van der Waals surface area contributed by atoms with E-state index < -0.39 is 0 Å². The SMILES string of the molecule is C=C(N)c1ccc(C)cc1.C=N.CC.Cc1ccc(C=N)cc1.Nc1ccccc1. The first-order valence-electron chi connectivity index (χ1n) is 9.67. The molecule has 0 saturated heterocycles. The zero-order chi connectivity index (χ0) is 23.4. The highest BCUT2D eigenvalue weighted by Crippen LogP contribution is 2.07. The maximum absolute atomic E-state index is 6.89. The van der Waals surface area contributed by atoms with E-state index in [0.29, 0.717) is 5.70 Å². The molecule has 0 unspecified atom stereocenters. The molecule has 0 aliphatic heterocycles. The molecule has 0 aromatic heterocycles. The number of anilines is 1. The number of benzene rings is 3. The van der Waals surface area contributed by atoms with Gasteiger partial charge in [0.2, 0.25) is 0 Å². The number of para-hydroxylation sites is 1. The molecule has 4 nitrogen and oxygen atoms in total. The Balaban J connectivity index is 0. The monoisotopic (exact) mass is 404 g/mol. The van der Waals surface area contributed by atoms with Crippen molar-refractivity contribution in [3.63, 3.8) is 0 Å². The van der Waals surface area contributed by atoms with Crippen LogP contribution in [0.4, 0.5) is 5.69 Å². The van der Waals surface area contributed by atoms with Crippen LogP contribution in [0, 0.1) is 24.7 Å². The molecule has 160 valence electrons. The first kappa shape index (κ1) is 28.5. The van der Waals surface area contributed by atoms with Crippen molar-refractivity contribution in [2.45, 2.75) is 27.7 Å². The minimum atomic E-state index is 0.625. The summed E-state index contributed by atoms with van der Waals surface area (Å²) in [6, 6.07) is 25.3. The van der Waals surface area contributed by atoms with E-state index >= 15 is 0 Å². The fourth-order valence-corrected chi connectivity index (χ4v) is 1.88. The Morgan fingerprint density at radius 1 is 0.767 bits per heavy atom. The average molecular weight is 405 g/mol. The van der Waals surface area contributed by atoms with E-state index in [2.05, 4.69) is 13.3 Å². The van der Waals surface area contributed by atoms with E-state index in [1.165, 1.54) is 17.3 Å². The molecule has 0 heterocycles. The second-order valence-electron chi connectivity index (χ2n) is 5.86. The lowest BCUT2D eigenvalue weighted by molar-refractivity contribution is 1.44. The van der Waals surface area contributed by atoms with Crippen molar-refractivity contribution in [2.24, 2.45) is 5.73 Å². The fraction of sp³-hybridized carbons (Fsp3) is 0.154. The van der Waals surface area contributed by atoms with Gasteiger partial charge < -0.3 is 22.3 Å². The molecular weight excluding hydrogens is 368 g/mol. The van der Waals surface area contributed by atoms with Gasteiger partial charge in [0, 0.05) is 17.6 Å². The largest absolute Gasteiger partial charge is 0.399 e. The van der Waals surface area contributed by atoms with Crippen LogP contribution in [0.3, 0.4) is 0 Å². The van der Waals surface area contributed by atoms with Crippen molar-refractivity contribution in [2.75, 3.05) is 5.73 Å². The first-order chi connectivity index (χ1) is 14.4. The highest BCUT2D eigenvalue weighted by atomic mass is 14.6. The summed E-state index contributed by atoms with van der Waals surface area (Å²) in [4.78, 5) is 0. The Hall–Kier alpha value is -3.66. The summed E-state index contributed by atoms with van der Waals surface area (Å²) < 4.78 is 0. The van der Waals surface area contributed by atoms with Gasteiger partial charge in [0.1, 0.15) is 0 Å². The normalized spacial score (nSPS) is 8.13. The fourth-order valence-electron chi connectivity index (χ4n) is 1.88. The zero-order valence-corrected chi connectivity index (χ0v) is 18.7. The van der Waals surface area contributed by atoms with E-state index in [1.807, 2.05) is 107 Å². The van der Waals surface area contributed by atoms with Gasteiger partial charge in [-0.15, -0.1) is 0 Å². The van der Waals surface area contributed by atoms with Crippen LogP contribution in [-0.4, -0.2) is 12.9 Å². The van der Waals surface area contributed by atoms with Crippen molar-refractivity contribution in [1.29, 1.82) is 10.8 Å². The van der Waals surface area contributed by atoms with Crippen LogP contribution in [0.1, 0.15) is 36.1 Å². The lowest BCUT2D eigenvalue weighted by Gasteiger charge is -1.98. The molecule has 0 spiro atoms. The smallest absolute Gasteiger partial charge is 0.0314 e. The maximum Gasteiger partial charge on any atom is 0.0314 e. The van der Waals surface area contributed by atoms with E-state index in [-0.39, 0.29) is 0 Å². The third-order valence-electron chi connectivity index (χ3n) is 3.47. The third-order valence-corrected chi connectivity index (χ3v) is 3.47. The molecular formula is C26H36N4. The van der Waals surface area contributed by atoms with Crippen molar-refractivity contribution in [3.05, 3.63) is 108 Å². The molecule has 0 bridgehead atoms. The van der Waals surface area contributed by atoms with Gasteiger partial charge in [-0.3, -0.25) is 0 Å². The summed E-state index contributed by atoms with van der Waals surface area (Å²) >= 11 is 0. The first-order valence-corrected chi connectivity index (χ1v) is 9.67. The van der Waals surface area contributed by atoms with Crippen LogP contribution in [0.25, 0.3) is 5.70 Å². The summed E-state index contributed by atoms with van der Waals surface area (Å²) in [6.07, 6.45) is 1.35. The molecule has 0 atom stereocenters. The predicted molar refractivity (Wildman–Crippen MR) is 136 cm³/mol. The quantitative estimate of drug-likeness (QED) is 0.290. The Bertz CT molecular complexity index is 808. The summed E-state index contributed by atoms with van der Waals surface area (Å²) in [5.74, 6) is 0. The molecule has 0 aliphatic carbocycles. The summed E-state index contributed by atoms with van der Waals surface area (Å²) in [6.45, 7) is 14.2. The van der Waals surface area contributed by atoms with Crippen molar-refractivity contribution in [1.82, 2.24) is 0 Å². The molecule has 3 rings (SSSR count). The minimum Gasteiger partial charge on any atom is -0.399 e. The minimum absolute atomic E-state index is 0.625. The van der Waals surface area contributed by atoms with Gasteiger partial charge in [0.05, 0.1) is 0 Å². The lowest BCUT2D eigenvalue weighted by atomic mass is 10.1. The molecule has 0 amide bonds. The van der Waals surface area contributed by atoms with Crippen molar-refractivity contribution in [3.8, 4) is 0 Å². The maximum atomic E-state index is 6.89. The van der Waals surface area contributed by atoms with Crippen LogP contribution in [0.15, 0.2) is 85.4 Å². The molecule has 0 aliphatic rings. The Kier molecular flexibility index (Phi) is 17.8. The summed E-state index contributed by atoms with van der Waals surface area (Å²) in [5, 5.41) is 12.4. The predicted octanol–water partition coefficient (Wildman–Crippen LogP) is 6.48. The Labute approximate surface area is 182 Å². The topological polar surface area (TPSA) is 99.7 Å². The van der Waals surface area contributed by atoms with Gasteiger partial charge in [0.25, 0.3) is 0 Å². The summed E-state index contributed by atoms with van der Waals surface area (Å²) in [7, 11) is 0. The number of nitrogens with one attached hydrogen (secondary N) is 2. The summed E-state index contributed by atoms with van der Waals surface area (Å²) in [5.41, 5.74) is 16.7. The molecule has 0 fully saturated rings. The number of aryl methyl sites for hydroxylation is 2. The Morgan fingerprint density at radius 2 is 1.17 bits per heavy atom. The van der Waals surface area contributed by atoms with Crippen LogP contribution in [0.5, 0.6) is 0 Å². The number of hydrogen-bond donors (Lipinski definition) is 4. The number of nitrogen functional groups attached to an aromatic ring is 1. The second kappa shape index (κ2) is 18.7. The van der Waals surface area contributed by atoms with Crippen LogP contribution >= 0.6 is 0 Å². The number of nitrogens with two attached hydrogens (primary N) is 2. The second-order valence-corrected chi connectivity index (χ2v) is 5.86. The standard InChI is InChI=1S/C9H11N.C8H9N.C6H7N.C2H6.CH3N/c1-7-3-5-9(6-4-7)8(2)10;1-7-2-4-8(6-9)5-3-7;7-6-4-2-1-3-5-6;2*1-2/h3-6H,2,10H2,1H3;2-6,9H,1H3;1-5H,7H2;1-2H3;2H,1H2. The Morgan fingerprint density at radius 3 is 1.47 bits per heavy atom. The lowest BCUT2D eigenvalue weighted by Crippen LogP contribution is -1.92. The van der Waals surface area contributed by atoms with Crippen LogP contribution < -0.4 is 11.5 Å². The van der Waals surface area contributed by atoms with Gasteiger partial charge in [-0.2, -0.15) is 0 Å². The van der Waals surface area contributed by atoms with E-state index in [4.69, 9.17) is 22.3 Å². The van der Waals surface area contributed by atoms with Gasteiger partial charge >= 0.3 is 0 Å². The highest BCUT2D eigenvalue weighted by Gasteiger charge is 1.90. The van der Waals surface area contributed by atoms with Gasteiger partial charge in [0.15, 0.2) is 0 Å². The van der Waals surface area contributed by atoms with Gasteiger partial charge in [-0.1, -0.05) is 98.3 Å². The molecule has 3 aromatic carbocycles.